The Labute approximate surface area is 167 Å². The first-order chi connectivity index (χ1) is 14.2. The minimum Gasteiger partial charge on any atom is -0.443 e. The number of hydrogen-bond acceptors (Lipinski definition) is 8. The van der Waals surface area contributed by atoms with Crippen molar-refractivity contribution in [1.29, 1.82) is 0 Å². The van der Waals surface area contributed by atoms with Gasteiger partial charge in [0.15, 0.2) is 5.65 Å². The molecule has 1 aliphatic rings. The Bertz CT molecular complexity index is 1150. The van der Waals surface area contributed by atoms with E-state index in [9.17, 15) is 0 Å². The van der Waals surface area contributed by atoms with Crippen molar-refractivity contribution in [3.8, 4) is 11.6 Å². The van der Waals surface area contributed by atoms with E-state index in [-0.39, 0.29) is 0 Å². The topological polar surface area (TPSA) is 104 Å². The molecule has 0 bridgehead atoms. The molecule has 0 atom stereocenters. The fraction of sp³-hybridized carbons (Fsp3) is 0.350. The summed E-state index contributed by atoms with van der Waals surface area (Å²) in [6.45, 7) is 5.47. The van der Waals surface area contributed by atoms with Gasteiger partial charge in [-0.25, -0.2) is 14.6 Å². The Balaban J connectivity index is 1.50. The molecule has 9 heteroatoms. The number of aromatic nitrogens is 6. The van der Waals surface area contributed by atoms with E-state index < -0.39 is 0 Å². The maximum atomic E-state index is 5.49. The predicted octanol–water partition coefficient (Wildman–Crippen LogP) is 3.59. The number of nitrogens with zero attached hydrogens (tertiary/aromatic N) is 6. The van der Waals surface area contributed by atoms with Gasteiger partial charge in [-0.05, 0) is 38.3 Å². The molecule has 1 saturated heterocycles. The van der Waals surface area contributed by atoms with Crippen LogP contribution in [0.2, 0.25) is 0 Å². The summed E-state index contributed by atoms with van der Waals surface area (Å²) in [4.78, 5) is 17.8. The number of hydrogen-bond donors (Lipinski definition) is 1. The maximum Gasteiger partial charge on any atom is 0.245 e. The highest BCUT2D eigenvalue weighted by Gasteiger charge is 2.21. The molecule has 0 unspecified atom stereocenters. The van der Waals surface area contributed by atoms with Crippen LogP contribution in [0.1, 0.15) is 30.1 Å². The maximum absolute atomic E-state index is 5.49. The third-order valence-corrected chi connectivity index (χ3v) is 5.17. The van der Waals surface area contributed by atoms with Crippen molar-refractivity contribution in [2.24, 2.45) is 0 Å². The Morgan fingerprint density at radius 1 is 1.10 bits per heavy atom. The molecule has 0 aromatic carbocycles. The highest BCUT2D eigenvalue weighted by Crippen LogP contribution is 2.28. The number of anilines is 2. The number of pyridine rings is 1. The first kappa shape index (κ1) is 17.7. The van der Waals surface area contributed by atoms with Gasteiger partial charge in [0.25, 0.3) is 0 Å². The van der Waals surface area contributed by atoms with Gasteiger partial charge in [0, 0.05) is 31.3 Å². The Morgan fingerprint density at radius 2 is 1.97 bits per heavy atom. The fourth-order valence-corrected chi connectivity index (χ4v) is 3.56. The Morgan fingerprint density at radius 3 is 2.76 bits per heavy atom. The molecule has 148 valence electrons. The smallest absolute Gasteiger partial charge is 0.245 e. The van der Waals surface area contributed by atoms with Gasteiger partial charge in [-0.15, -0.1) is 0 Å². The Kier molecular flexibility index (Phi) is 4.44. The first-order valence-corrected chi connectivity index (χ1v) is 9.62. The second-order valence-electron chi connectivity index (χ2n) is 7.15. The standard InChI is InChI=1S/C20H21N7O2/c1-12-10-22-17(19-21-5-8-29-19)9-16(12)24-20-23-11-15-13(2)26-27(18(15)25-20)14-3-6-28-7-4-14/h5,8-11,14H,3-4,6-7H2,1-2H3,(H,22,23,24,25). The van der Waals surface area contributed by atoms with Crippen molar-refractivity contribution in [2.75, 3.05) is 18.5 Å². The third-order valence-electron chi connectivity index (χ3n) is 5.17. The summed E-state index contributed by atoms with van der Waals surface area (Å²) in [5.74, 6) is 0.982. The van der Waals surface area contributed by atoms with Crippen LogP contribution < -0.4 is 5.32 Å². The lowest BCUT2D eigenvalue weighted by atomic mass is 10.1. The van der Waals surface area contributed by atoms with Crippen LogP contribution in [0.3, 0.4) is 0 Å². The molecule has 4 aromatic heterocycles. The lowest BCUT2D eigenvalue weighted by molar-refractivity contribution is 0.0672. The van der Waals surface area contributed by atoms with Gasteiger partial charge in [0.2, 0.25) is 11.8 Å². The number of fused-ring (bicyclic) bond motifs is 1. The SMILES string of the molecule is Cc1cnc(-c2ncco2)cc1Nc1ncc2c(C)nn(C3CCOCC3)c2n1. The number of ether oxygens (including phenoxy) is 1. The highest BCUT2D eigenvalue weighted by atomic mass is 16.5. The zero-order valence-electron chi connectivity index (χ0n) is 16.3. The molecule has 29 heavy (non-hydrogen) atoms. The van der Waals surface area contributed by atoms with E-state index in [1.54, 1.807) is 12.4 Å². The summed E-state index contributed by atoms with van der Waals surface area (Å²) >= 11 is 0. The summed E-state index contributed by atoms with van der Waals surface area (Å²) in [5.41, 5.74) is 4.24. The van der Waals surface area contributed by atoms with Gasteiger partial charge in [0.05, 0.1) is 23.3 Å². The fourth-order valence-electron chi connectivity index (χ4n) is 3.56. The minimum atomic E-state index is 0.294. The largest absolute Gasteiger partial charge is 0.443 e. The normalized spacial score (nSPS) is 15.1. The van der Waals surface area contributed by atoms with E-state index in [0.717, 1.165) is 54.0 Å². The molecule has 5 rings (SSSR count). The summed E-state index contributed by atoms with van der Waals surface area (Å²) in [6, 6.07) is 2.18. The van der Waals surface area contributed by atoms with E-state index >= 15 is 0 Å². The monoisotopic (exact) mass is 391 g/mol. The predicted molar refractivity (Wildman–Crippen MR) is 107 cm³/mol. The third kappa shape index (κ3) is 3.33. The highest BCUT2D eigenvalue weighted by molar-refractivity contribution is 5.79. The van der Waals surface area contributed by atoms with Crippen LogP contribution in [0.4, 0.5) is 11.6 Å². The second kappa shape index (κ2) is 7.25. The van der Waals surface area contributed by atoms with E-state index in [4.69, 9.17) is 19.2 Å². The van der Waals surface area contributed by atoms with Gasteiger partial charge in [-0.3, -0.25) is 4.98 Å². The molecule has 1 N–H and O–H groups in total. The first-order valence-electron chi connectivity index (χ1n) is 9.62. The van der Waals surface area contributed by atoms with Crippen LogP contribution in [0.25, 0.3) is 22.6 Å². The summed E-state index contributed by atoms with van der Waals surface area (Å²) < 4.78 is 12.9. The van der Waals surface area contributed by atoms with Crippen LogP contribution in [-0.4, -0.2) is 42.9 Å². The van der Waals surface area contributed by atoms with E-state index in [1.165, 1.54) is 6.26 Å². The molecule has 4 aromatic rings. The van der Waals surface area contributed by atoms with Crippen molar-refractivity contribution in [1.82, 2.24) is 29.7 Å². The van der Waals surface area contributed by atoms with Crippen LogP contribution in [-0.2, 0) is 4.74 Å². The van der Waals surface area contributed by atoms with Gasteiger partial charge in [-0.1, -0.05) is 0 Å². The minimum absolute atomic E-state index is 0.294. The quantitative estimate of drug-likeness (QED) is 0.563. The molecule has 0 amide bonds. The van der Waals surface area contributed by atoms with Crippen LogP contribution in [0.15, 0.2) is 35.3 Å². The van der Waals surface area contributed by atoms with E-state index in [0.29, 0.717) is 23.6 Å². The van der Waals surface area contributed by atoms with Crippen LogP contribution >= 0.6 is 0 Å². The molecule has 0 radical (unpaired) electrons. The van der Waals surface area contributed by atoms with Gasteiger partial charge >= 0.3 is 0 Å². The molecule has 0 saturated carbocycles. The number of oxazole rings is 1. The summed E-state index contributed by atoms with van der Waals surface area (Å²) in [7, 11) is 0. The van der Waals surface area contributed by atoms with Gasteiger partial charge < -0.3 is 14.5 Å². The molecular formula is C20H21N7O2. The summed E-state index contributed by atoms with van der Waals surface area (Å²) in [5, 5.41) is 9.00. The number of nitrogens with one attached hydrogen (secondary N) is 1. The zero-order valence-corrected chi connectivity index (χ0v) is 16.3. The van der Waals surface area contributed by atoms with Crippen molar-refractivity contribution < 1.29 is 9.15 Å². The van der Waals surface area contributed by atoms with Gasteiger partial charge in [0.1, 0.15) is 12.0 Å². The summed E-state index contributed by atoms with van der Waals surface area (Å²) in [6.07, 6.45) is 8.60. The van der Waals surface area contributed by atoms with Crippen molar-refractivity contribution in [3.05, 3.63) is 42.2 Å². The van der Waals surface area contributed by atoms with E-state index in [2.05, 4.69) is 20.3 Å². The Hall–Kier alpha value is -3.33. The lowest BCUT2D eigenvalue weighted by Gasteiger charge is -2.22. The zero-order chi connectivity index (χ0) is 19.8. The van der Waals surface area contributed by atoms with Crippen LogP contribution in [0.5, 0.6) is 0 Å². The van der Waals surface area contributed by atoms with Crippen LogP contribution in [0, 0.1) is 13.8 Å². The van der Waals surface area contributed by atoms with Crippen molar-refractivity contribution >= 4 is 22.7 Å². The van der Waals surface area contributed by atoms with E-state index in [1.807, 2.05) is 30.8 Å². The second-order valence-corrected chi connectivity index (χ2v) is 7.15. The molecular weight excluding hydrogens is 370 g/mol. The van der Waals surface area contributed by atoms with Crippen molar-refractivity contribution in [3.63, 3.8) is 0 Å². The molecule has 0 aliphatic carbocycles. The molecule has 9 nitrogen and oxygen atoms in total. The number of rotatable bonds is 4. The molecule has 1 fully saturated rings. The molecule has 1 aliphatic heterocycles. The molecule has 5 heterocycles. The molecule has 0 spiro atoms. The lowest BCUT2D eigenvalue weighted by Crippen LogP contribution is -2.20. The average Bonchev–Trinajstić information content (AvgIpc) is 3.39. The number of aryl methyl sites for hydroxylation is 2. The van der Waals surface area contributed by atoms with Gasteiger partial charge in [-0.2, -0.15) is 10.1 Å². The average molecular weight is 391 g/mol. The van der Waals surface area contributed by atoms with Crippen molar-refractivity contribution in [2.45, 2.75) is 32.7 Å².